The molecule has 1 N–H and O–H groups in total. The first-order chi connectivity index (χ1) is 7.67. The van der Waals surface area contributed by atoms with Gasteiger partial charge in [0.15, 0.2) is 17.7 Å². The van der Waals surface area contributed by atoms with Crippen LogP contribution in [0, 0.1) is 17.5 Å². The summed E-state index contributed by atoms with van der Waals surface area (Å²) in [4.78, 5) is 0. The van der Waals surface area contributed by atoms with E-state index in [1.165, 1.54) is 0 Å². The van der Waals surface area contributed by atoms with Crippen molar-refractivity contribution in [3.63, 3.8) is 0 Å². The number of benzene rings is 1. The maximum absolute atomic E-state index is 12.9. The number of rotatable bonds is 3. The van der Waals surface area contributed by atoms with Gasteiger partial charge in [-0.25, -0.2) is 22.0 Å². The van der Waals surface area contributed by atoms with E-state index in [0.29, 0.717) is 0 Å². The molecular formula is C9H5F7O. The Morgan fingerprint density at radius 1 is 0.941 bits per heavy atom. The zero-order valence-corrected chi connectivity index (χ0v) is 7.90. The molecule has 0 aliphatic heterocycles. The minimum Gasteiger partial charge on any atom is -0.382 e. The first-order valence-corrected chi connectivity index (χ1v) is 4.16. The largest absolute Gasteiger partial charge is 0.382 e. The summed E-state index contributed by atoms with van der Waals surface area (Å²) < 4.78 is 87.0. The molecule has 1 nitrogen and oxygen atoms in total. The van der Waals surface area contributed by atoms with E-state index < -0.39 is 41.5 Å². The van der Waals surface area contributed by atoms with Gasteiger partial charge in [-0.1, -0.05) is 0 Å². The van der Waals surface area contributed by atoms with Gasteiger partial charge in [0.05, 0.1) is 0 Å². The molecule has 0 saturated heterocycles. The molecule has 0 spiro atoms. The van der Waals surface area contributed by atoms with Crippen molar-refractivity contribution in [3.05, 3.63) is 35.1 Å². The molecule has 0 amide bonds. The minimum atomic E-state index is -4.97. The summed E-state index contributed by atoms with van der Waals surface area (Å²) in [5.41, 5.74) is -1.44. The summed E-state index contributed by atoms with van der Waals surface area (Å²) in [6.07, 6.45) is -7.54. The Morgan fingerprint density at radius 2 is 1.41 bits per heavy atom. The zero-order chi connectivity index (χ0) is 13.4. The lowest BCUT2D eigenvalue weighted by molar-refractivity contribution is -0.194. The number of aliphatic hydroxyl groups is 1. The van der Waals surface area contributed by atoms with Crippen molar-refractivity contribution in [2.24, 2.45) is 0 Å². The van der Waals surface area contributed by atoms with Crippen molar-refractivity contribution in [1.82, 2.24) is 0 Å². The molecule has 0 heterocycles. The SMILES string of the molecule is OC(c1cc(F)c(F)cc1F)C(F)(F)C(F)F. The maximum atomic E-state index is 12.9. The summed E-state index contributed by atoms with van der Waals surface area (Å²) >= 11 is 0. The van der Waals surface area contributed by atoms with Gasteiger partial charge in [-0.15, -0.1) is 0 Å². The van der Waals surface area contributed by atoms with Crippen LogP contribution in [0.25, 0.3) is 0 Å². The minimum absolute atomic E-state index is 0.0916. The average molecular weight is 262 g/mol. The third kappa shape index (κ3) is 2.51. The van der Waals surface area contributed by atoms with E-state index >= 15 is 0 Å². The monoisotopic (exact) mass is 262 g/mol. The van der Waals surface area contributed by atoms with Crippen molar-refractivity contribution in [2.45, 2.75) is 18.5 Å². The summed E-state index contributed by atoms with van der Waals surface area (Å²) in [6.45, 7) is 0. The molecule has 96 valence electrons. The fraction of sp³-hybridized carbons (Fsp3) is 0.333. The summed E-state index contributed by atoms with van der Waals surface area (Å²) in [6, 6.07) is -0.207. The van der Waals surface area contributed by atoms with Gasteiger partial charge in [0.25, 0.3) is 0 Å². The molecule has 0 aliphatic carbocycles. The maximum Gasteiger partial charge on any atom is 0.336 e. The predicted octanol–water partition coefficient (Wildman–Crippen LogP) is 3.04. The molecule has 8 heteroatoms. The lowest BCUT2D eigenvalue weighted by Gasteiger charge is -2.22. The summed E-state index contributed by atoms with van der Waals surface area (Å²) in [7, 11) is 0. The van der Waals surface area contributed by atoms with Crippen molar-refractivity contribution in [3.8, 4) is 0 Å². The molecule has 0 aromatic heterocycles. The van der Waals surface area contributed by atoms with Gasteiger partial charge in [0, 0.05) is 11.6 Å². The first-order valence-electron chi connectivity index (χ1n) is 4.16. The number of hydrogen-bond acceptors (Lipinski definition) is 1. The first kappa shape index (κ1) is 13.8. The van der Waals surface area contributed by atoms with Crippen molar-refractivity contribution in [1.29, 1.82) is 0 Å². The third-order valence-corrected chi connectivity index (χ3v) is 1.99. The van der Waals surface area contributed by atoms with Crippen LogP contribution in [-0.2, 0) is 0 Å². The Hall–Kier alpha value is -1.31. The van der Waals surface area contributed by atoms with Crippen LogP contribution < -0.4 is 0 Å². The van der Waals surface area contributed by atoms with Crippen LogP contribution in [0.2, 0.25) is 0 Å². The molecule has 17 heavy (non-hydrogen) atoms. The Balaban J connectivity index is 3.21. The molecule has 1 aromatic rings. The van der Waals surface area contributed by atoms with Crippen molar-refractivity contribution in [2.75, 3.05) is 0 Å². The summed E-state index contributed by atoms with van der Waals surface area (Å²) in [5, 5.41) is 8.86. The van der Waals surface area contributed by atoms with Crippen molar-refractivity contribution < 1.29 is 35.8 Å². The highest BCUT2D eigenvalue weighted by Crippen LogP contribution is 2.37. The molecule has 0 fully saturated rings. The molecule has 0 radical (unpaired) electrons. The van der Waals surface area contributed by atoms with Crippen molar-refractivity contribution >= 4 is 0 Å². The fourth-order valence-electron chi connectivity index (χ4n) is 1.07. The van der Waals surface area contributed by atoms with Crippen LogP contribution in [0.15, 0.2) is 12.1 Å². The topological polar surface area (TPSA) is 20.2 Å². The smallest absolute Gasteiger partial charge is 0.336 e. The van der Waals surface area contributed by atoms with Crippen LogP contribution in [0.5, 0.6) is 0 Å². The number of aliphatic hydroxyl groups excluding tert-OH is 1. The van der Waals surface area contributed by atoms with E-state index in [0.717, 1.165) is 0 Å². The lowest BCUT2D eigenvalue weighted by atomic mass is 10.0. The third-order valence-electron chi connectivity index (χ3n) is 1.99. The molecule has 1 rings (SSSR count). The molecule has 0 bridgehead atoms. The number of alkyl halides is 4. The highest BCUT2D eigenvalue weighted by atomic mass is 19.3. The zero-order valence-electron chi connectivity index (χ0n) is 7.90. The normalized spacial score (nSPS) is 14.2. The van der Waals surface area contributed by atoms with E-state index in [1.807, 2.05) is 0 Å². The molecule has 1 unspecified atom stereocenters. The standard InChI is InChI=1S/C9H5F7O/c10-4-2-6(12)5(11)1-3(4)7(17)9(15,16)8(13)14/h1-2,7-8,17H. The summed E-state index contributed by atoms with van der Waals surface area (Å²) in [5.74, 6) is -10.1. The van der Waals surface area contributed by atoms with Crippen LogP contribution in [-0.4, -0.2) is 17.5 Å². The molecular weight excluding hydrogens is 257 g/mol. The number of hydrogen-bond donors (Lipinski definition) is 1. The van der Waals surface area contributed by atoms with Gasteiger partial charge in [-0.2, -0.15) is 8.78 Å². The van der Waals surface area contributed by atoms with E-state index in [2.05, 4.69) is 0 Å². The second-order valence-electron chi connectivity index (χ2n) is 3.17. The van der Waals surface area contributed by atoms with Gasteiger partial charge in [0.1, 0.15) is 5.82 Å². The predicted molar refractivity (Wildman–Crippen MR) is 42.2 cm³/mol. The van der Waals surface area contributed by atoms with E-state index in [1.54, 1.807) is 0 Å². The van der Waals surface area contributed by atoms with Gasteiger partial charge in [-0.3, -0.25) is 0 Å². The van der Waals surface area contributed by atoms with Gasteiger partial charge >= 0.3 is 12.3 Å². The van der Waals surface area contributed by atoms with Gasteiger partial charge < -0.3 is 5.11 Å². The molecule has 0 saturated carbocycles. The van der Waals surface area contributed by atoms with Crippen LogP contribution in [0.1, 0.15) is 11.7 Å². The fourth-order valence-corrected chi connectivity index (χ4v) is 1.07. The second-order valence-corrected chi connectivity index (χ2v) is 3.17. The van der Waals surface area contributed by atoms with E-state index in [-0.39, 0.29) is 12.1 Å². The van der Waals surface area contributed by atoms with E-state index in [4.69, 9.17) is 5.11 Å². The highest BCUT2D eigenvalue weighted by Gasteiger charge is 2.49. The Labute approximate surface area is 90.5 Å². The lowest BCUT2D eigenvalue weighted by Crippen LogP contribution is -2.34. The molecule has 0 aliphatic rings. The van der Waals surface area contributed by atoms with Crippen LogP contribution in [0.4, 0.5) is 30.7 Å². The highest BCUT2D eigenvalue weighted by molar-refractivity contribution is 5.24. The second kappa shape index (κ2) is 4.52. The molecule has 1 aromatic carbocycles. The van der Waals surface area contributed by atoms with Gasteiger partial charge in [-0.05, 0) is 6.07 Å². The molecule has 1 atom stereocenters. The average Bonchev–Trinajstić information content (AvgIpc) is 2.22. The van der Waals surface area contributed by atoms with Crippen LogP contribution >= 0.6 is 0 Å². The quantitative estimate of drug-likeness (QED) is 0.655. The Bertz CT molecular complexity index is 418. The Morgan fingerprint density at radius 3 is 1.88 bits per heavy atom. The Kier molecular flexibility index (Phi) is 3.65. The van der Waals surface area contributed by atoms with Gasteiger partial charge in [0.2, 0.25) is 0 Å². The van der Waals surface area contributed by atoms with E-state index in [9.17, 15) is 30.7 Å². The van der Waals surface area contributed by atoms with Crippen LogP contribution in [0.3, 0.4) is 0 Å². The number of halogens is 7.